The van der Waals surface area contributed by atoms with Gasteiger partial charge in [-0.1, -0.05) is 18.1 Å². The van der Waals surface area contributed by atoms with Crippen LogP contribution in [0.4, 0.5) is 22.0 Å². The molecule has 4 fully saturated rings. The predicted octanol–water partition coefficient (Wildman–Crippen LogP) is 4.25. The monoisotopic (exact) mass is 639 g/mol. The molecule has 4 aliphatic rings. The topological polar surface area (TPSA) is 139 Å². The normalized spacial score (nSPS) is 24.0. The first kappa shape index (κ1) is 31.0. The molecule has 7 rings (SSSR count). The van der Waals surface area contributed by atoms with Crippen LogP contribution in [0.15, 0.2) is 48.7 Å². The molecule has 12 nitrogen and oxygen atoms in total. The fourth-order valence-electron chi connectivity index (χ4n) is 7.30. The summed E-state index contributed by atoms with van der Waals surface area (Å²) in [6, 6.07) is 14.6. The second-order valence-electron chi connectivity index (χ2n) is 12.8. The molecular formula is C35H41N7O5. The maximum absolute atomic E-state index is 11.1. The second kappa shape index (κ2) is 13.6. The third-order valence-electron chi connectivity index (χ3n) is 9.76. The number of para-hydroxylation sites is 1. The Balaban J connectivity index is 0.975. The largest absolute Gasteiger partial charge is 0.467 e. The number of nitrogens with zero attached hydrogens (tertiary/aromatic N) is 6. The fourth-order valence-corrected chi connectivity index (χ4v) is 7.30. The second-order valence-corrected chi connectivity index (χ2v) is 12.8. The highest BCUT2D eigenvalue weighted by Gasteiger charge is 2.41. The van der Waals surface area contributed by atoms with Crippen LogP contribution >= 0.6 is 0 Å². The van der Waals surface area contributed by atoms with Gasteiger partial charge in [0.05, 0.1) is 23.6 Å². The Morgan fingerprint density at radius 2 is 1.79 bits per heavy atom. The number of piperidine rings is 1. The average Bonchev–Trinajstić information content (AvgIpc) is 3.34. The number of fused-ring (bicyclic) bond motifs is 2. The number of piperazine rings is 1. The Bertz CT molecular complexity index is 1630. The number of pyridine rings is 1. The van der Waals surface area contributed by atoms with Crippen LogP contribution in [0.1, 0.15) is 44.2 Å². The summed E-state index contributed by atoms with van der Waals surface area (Å²) >= 11 is 0. The van der Waals surface area contributed by atoms with Crippen LogP contribution in [-0.2, 0) is 9.47 Å². The SMILES string of the molecule is COCOc1ccccc1-c1cc(N2CC3CCC(C2)N3c2ccnc(C#CC3CC(OC4CCN(C(=O)O)CC4)C3)c2)c(N)nn1. The number of aromatic nitrogens is 3. The van der Waals surface area contributed by atoms with Gasteiger partial charge in [-0.3, -0.25) is 0 Å². The number of carboxylic acid groups (broad SMARTS) is 1. The van der Waals surface area contributed by atoms with Crippen LogP contribution in [-0.4, -0.2) is 95.7 Å². The first-order valence-electron chi connectivity index (χ1n) is 16.4. The minimum atomic E-state index is -0.843. The molecule has 3 saturated heterocycles. The first-order chi connectivity index (χ1) is 22.9. The number of methoxy groups -OCH3 is 1. The lowest BCUT2D eigenvalue weighted by molar-refractivity contribution is -0.0824. The minimum absolute atomic E-state index is 0.143. The third kappa shape index (κ3) is 6.77. The number of nitrogen functional groups attached to an aromatic ring is 1. The minimum Gasteiger partial charge on any atom is -0.467 e. The van der Waals surface area contributed by atoms with Gasteiger partial charge in [0, 0.05) is 68.7 Å². The van der Waals surface area contributed by atoms with E-state index >= 15 is 0 Å². The summed E-state index contributed by atoms with van der Waals surface area (Å²) in [7, 11) is 1.60. The van der Waals surface area contributed by atoms with E-state index in [1.54, 1.807) is 7.11 Å². The van der Waals surface area contributed by atoms with Gasteiger partial charge in [-0.15, -0.1) is 10.2 Å². The number of anilines is 3. The summed E-state index contributed by atoms with van der Waals surface area (Å²) in [4.78, 5) is 22.0. The zero-order valence-electron chi connectivity index (χ0n) is 26.6. The van der Waals surface area contributed by atoms with E-state index in [-0.39, 0.29) is 19.0 Å². The summed E-state index contributed by atoms with van der Waals surface area (Å²) in [5.41, 5.74) is 10.8. The molecule has 12 heteroatoms. The molecule has 3 aliphatic heterocycles. The van der Waals surface area contributed by atoms with Gasteiger partial charge in [-0.05, 0) is 74.8 Å². The molecule has 1 saturated carbocycles. The van der Waals surface area contributed by atoms with Crippen LogP contribution in [0.2, 0.25) is 0 Å². The molecular weight excluding hydrogens is 598 g/mol. The molecule has 2 aromatic heterocycles. The number of amides is 1. The Labute approximate surface area is 274 Å². The number of carbonyl (C=O) groups is 1. The van der Waals surface area contributed by atoms with E-state index in [0.717, 1.165) is 74.2 Å². The number of likely N-dealkylation sites (tertiary alicyclic amines) is 1. The molecule has 0 radical (unpaired) electrons. The molecule has 5 heterocycles. The van der Waals surface area contributed by atoms with Crippen LogP contribution in [0.25, 0.3) is 11.3 Å². The lowest BCUT2D eigenvalue weighted by Crippen LogP contribution is -2.54. The molecule has 3 N–H and O–H groups in total. The van der Waals surface area contributed by atoms with Crippen molar-refractivity contribution in [2.75, 3.05) is 55.6 Å². The van der Waals surface area contributed by atoms with Gasteiger partial charge >= 0.3 is 6.09 Å². The average molecular weight is 640 g/mol. The summed E-state index contributed by atoms with van der Waals surface area (Å²) < 4.78 is 17.1. The Morgan fingerprint density at radius 1 is 1.02 bits per heavy atom. The van der Waals surface area contributed by atoms with E-state index in [0.29, 0.717) is 48.4 Å². The smallest absolute Gasteiger partial charge is 0.407 e. The van der Waals surface area contributed by atoms with Gasteiger partial charge in [-0.25, -0.2) is 9.78 Å². The first-order valence-corrected chi connectivity index (χ1v) is 16.4. The van der Waals surface area contributed by atoms with Crippen molar-refractivity contribution in [1.82, 2.24) is 20.1 Å². The molecule has 1 amide bonds. The van der Waals surface area contributed by atoms with Crippen molar-refractivity contribution in [1.29, 1.82) is 0 Å². The van der Waals surface area contributed by atoms with Crippen molar-refractivity contribution in [3.05, 3.63) is 54.4 Å². The zero-order valence-corrected chi connectivity index (χ0v) is 26.6. The highest BCUT2D eigenvalue weighted by molar-refractivity contribution is 5.75. The van der Waals surface area contributed by atoms with Crippen LogP contribution in [0.5, 0.6) is 5.75 Å². The molecule has 0 spiro atoms. The Morgan fingerprint density at radius 3 is 2.53 bits per heavy atom. The van der Waals surface area contributed by atoms with E-state index in [2.05, 4.69) is 49.0 Å². The Kier molecular flexibility index (Phi) is 9.00. The number of ether oxygens (including phenoxy) is 3. The number of nitrogens with two attached hydrogens (primary N) is 1. The van der Waals surface area contributed by atoms with E-state index in [4.69, 9.17) is 25.1 Å². The standard InChI is InChI=1S/C35H41N7O5/c1-45-22-46-33-5-3-2-4-30(33)31-19-32(34(36)39-38-31)41-20-26-8-9-27(21-41)42(26)25-10-13-37-24(18-25)7-6-23-16-29(17-23)47-28-11-14-40(15-12-28)35(43)44/h2-5,10,13,18-19,23,26-29H,8-9,11-12,14-17,20-22H2,1H3,(H2,36,39)(H,43,44). The van der Waals surface area contributed by atoms with Crippen LogP contribution in [0, 0.1) is 17.8 Å². The summed E-state index contributed by atoms with van der Waals surface area (Å²) in [6.45, 7) is 2.90. The number of hydrogen-bond acceptors (Lipinski definition) is 10. The fraction of sp³-hybridized carbons (Fsp3) is 0.486. The maximum atomic E-state index is 11.1. The third-order valence-corrected chi connectivity index (χ3v) is 9.76. The molecule has 3 aromatic rings. The van der Waals surface area contributed by atoms with Crippen LogP contribution < -0.4 is 20.3 Å². The molecule has 246 valence electrons. The van der Waals surface area contributed by atoms with Crippen molar-refractivity contribution in [2.24, 2.45) is 5.92 Å². The van der Waals surface area contributed by atoms with Gasteiger partial charge in [0.25, 0.3) is 0 Å². The molecule has 2 unspecified atom stereocenters. The van der Waals surface area contributed by atoms with Crippen molar-refractivity contribution in [3.8, 4) is 28.8 Å². The Hall–Kier alpha value is -4.60. The van der Waals surface area contributed by atoms with Gasteiger partial charge < -0.3 is 39.8 Å². The lowest BCUT2D eigenvalue weighted by Gasteiger charge is -2.43. The van der Waals surface area contributed by atoms with Crippen molar-refractivity contribution < 1.29 is 24.1 Å². The maximum Gasteiger partial charge on any atom is 0.407 e. The van der Waals surface area contributed by atoms with E-state index in [9.17, 15) is 4.79 Å². The zero-order chi connectivity index (χ0) is 32.3. The number of rotatable bonds is 8. The quantitative estimate of drug-likeness (QED) is 0.270. The highest BCUT2D eigenvalue weighted by Crippen LogP contribution is 2.39. The van der Waals surface area contributed by atoms with Gasteiger partial charge in [0.2, 0.25) is 0 Å². The number of hydrogen-bond donors (Lipinski definition) is 2. The molecule has 47 heavy (non-hydrogen) atoms. The van der Waals surface area contributed by atoms with Crippen LogP contribution in [0.3, 0.4) is 0 Å². The lowest BCUT2D eigenvalue weighted by atomic mass is 9.82. The molecule has 1 aliphatic carbocycles. The van der Waals surface area contributed by atoms with Gasteiger partial charge in [0.1, 0.15) is 11.4 Å². The molecule has 2 atom stereocenters. The summed E-state index contributed by atoms with van der Waals surface area (Å²) in [6.07, 6.45) is 6.93. The van der Waals surface area contributed by atoms with E-state index in [1.807, 2.05) is 36.5 Å². The molecule has 1 aromatic carbocycles. The summed E-state index contributed by atoms with van der Waals surface area (Å²) in [5, 5.41) is 17.9. The van der Waals surface area contributed by atoms with Gasteiger partial charge in [0.15, 0.2) is 12.6 Å². The van der Waals surface area contributed by atoms with Crippen molar-refractivity contribution in [2.45, 2.75) is 62.8 Å². The van der Waals surface area contributed by atoms with Gasteiger partial charge in [-0.2, -0.15) is 0 Å². The van der Waals surface area contributed by atoms with Crippen molar-refractivity contribution >= 4 is 23.3 Å². The summed E-state index contributed by atoms with van der Waals surface area (Å²) in [5.74, 6) is 8.14. The van der Waals surface area contributed by atoms with Crippen molar-refractivity contribution in [3.63, 3.8) is 0 Å². The van der Waals surface area contributed by atoms with E-state index < -0.39 is 6.09 Å². The highest BCUT2D eigenvalue weighted by atomic mass is 16.7. The van der Waals surface area contributed by atoms with E-state index in [1.165, 1.54) is 4.90 Å². The predicted molar refractivity (Wildman–Crippen MR) is 177 cm³/mol. The number of benzene rings is 1. The molecule has 2 bridgehead atoms.